The molecule has 0 aromatic rings. The first-order chi connectivity index (χ1) is 11.6. The summed E-state index contributed by atoms with van der Waals surface area (Å²) in [6.07, 6.45) is 2.36. The fraction of sp³-hybridized carbons (Fsp3) is 0.842. The van der Waals surface area contributed by atoms with Crippen LogP contribution in [0.5, 0.6) is 0 Å². The molecule has 1 saturated heterocycles. The molecule has 5 aliphatic rings. The molecule has 25 heavy (non-hydrogen) atoms. The second kappa shape index (κ2) is 4.11. The Hall–Kier alpha value is -1.43. The van der Waals surface area contributed by atoms with Crippen LogP contribution >= 0.6 is 0 Å². The van der Waals surface area contributed by atoms with Gasteiger partial charge in [-0.15, -0.1) is 0 Å². The van der Waals surface area contributed by atoms with Gasteiger partial charge < -0.3 is 14.9 Å². The summed E-state index contributed by atoms with van der Waals surface area (Å²) in [5.41, 5.74) is -3.08. The van der Waals surface area contributed by atoms with Crippen LogP contribution in [0.3, 0.4) is 0 Å². The van der Waals surface area contributed by atoms with Gasteiger partial charge in [0.1, 0.15) is 11.4 Å². The number of hydrogen-bond acceptors (Lipinski definition) is 5. The number of fused-ring (bicyclic) bond motifs is 1. The lowest BCUT2D eigenvalue weighted by Gasteiger charge is -2.45. The molecule has 4 saturated carbocycles. The van der Waals surface area contributed by atoms with Gasteiger partial charge in [0.15, 0.2) is 0 Å². The topological polar surface area (TPSA) is 101 Å². The van der Waals surface area contributed by atoms with Crippen LogP contribution in [-0.4, -0.2) is 39.6 Å². The first-order valence-corrected chi connectivity index (χ1v) is 9.29. The largest absolute Gasteiger partial charge is 0.481 e. The minimum Gasteiger partial charge on any atom is -0.481 e. The minimum atomic E-state index is -1.19. The van der Waals surface area contributed by atoms with Crippen molar-refractivity contribution in [2.75, 3.05) is 0 Å². The highest BCUT2D eigenvalue weighted by atomic mass is 16.6. The highest BCUT2D eigenvalue weighted by molar-refractivity contribution is 5.91. The molecule has 4 aliphatic carbocycles. The Morgan fingerprint density at radius 2 is 1.92 bits per heavy atom. The van der Waals surface area contributed by atoms with E-state index in [0.717, 1.165) is 12.8 Å². The van der Waals surface area contributed by atoms with Crippen LogP contribution in [0.25, 0.3) is 0 Å². The SMILES string of the molecule is C[C@@]12CC[C@@H]3[C@@](CC1=O)(C2)[C@@H](C(=O)O)[C@H]1[C@@]32CC[C@H](O)[C@@]1(C)C(=O)O2. The van der Waals surface area contributed by atoms with E-state index in [-0.39, 0.29) is 18.1 Å². The van der Waals surface area contributed by atoms with E-state index in [2.05, 4.69) is 0 Å². The Balaban J connectivity index is 1.76. The summed E-state index contributed by atoms with van der Waals surface area (Å²) >= 11 is 0. The second-order valence-corrected chi connectivity index (χ2v) is 9.64. The van der Waals surface area contributed by atoms with Gasteiger partial charge in [-0.3, -0.25) is 14.4 Å². The molecule has 0 aromatic carbocycles. The fourth-order valence-electron chi connectivity index (χ4n) is 7.80. The van der Waals surface area contributed by atoms with E-state index in [9.17, 15) is 24.6 Å². The zero-order valence-electron chi connectivity index (χ0n) is 14.6. The van der Waals surface area contributed by atoms with Gasteiger partial charge in [0.05, 0.1) is 17.4 Å². The van der Waals surface area contributed by atoms with E-state index in [4.69, 9.17) is 4.74 Å². The summed E-state index contributed by atoms with van der Waals surface area (Å²) in [4.78, 5) is 37.9. The second-order valence-electron chi connectivity index (χ2n) is 9.64. The van der Waals surface area contributed by atoms with Gasteiger partial charge in [-0.2, -0.15) is 0 Å². The number of ketones is 1. The maximum Gasteiger partial charge on any atom is 0.315 e. The van der Waals surface area contributed by atoms with Crippen LogP contribution in [0, 0.1) is 34.0 Å². The Labute approximate surface area is 145 Å². The molecule has 8 atom stereocenters. The number of carboxylic acid groups (broad SMARTS) is 1. The van der Waals surface area contributed by atoms with E-state index in [1.165, 1.54) is 0 Å². The molecule has 0 amide bonds. The quantitative estimate of drug-likeness (QED) is 0.697. The molecule has 0 radical (unpaired) electrons. The molecule has 0 aromatic heterocycles. The first-order valence-electron chi connectivity index (χ1n) is 9.29. The molecule has 0 unspecified atom stereocenters. The molecule has 1 spiro atoms. The Morgan fingerprint density at radius 1 is 1.20 bits per heavy atom. The third kappa shape index (κ3) is 1.40. The molecule has 5 rings (SSSR count). The molecule has 6 heteroatoms. The number of aliphatic carboxylic acids is 1. The van der Waals surface area contributed by atoms with Crippen molar-refractivity contribution >= 4 is 17.7 Å². The van der Waals surface area contributed by atoms with Crippen molar-refractivity contribution in [3.8, 4) is 0 Å². The zero-order valence-corrected chi connectivity index (χ0v) is 14.6. The van der Waals surface area contributed by atoms with Crippen molar-refractivity contribution in [3.63, 3.8) is 0 Å². The third-order valence-corrected chi connectivity index (χ3v) is 8.77. The number of aliphatic hydroxyl groups excluding tert-OH is 1. The van der Waals surface area contributed by atoms with Gasteiger partial charge in [-0.25, -0.2) is 0 Å². The average Bonchev–Trinajstić information content (AvgIpc) is 2.95. The summed E-state index contributed by atoms with van der Waals surface area (Å²) in [6.45, 7) is 3.63. The monoisotopic (exact) mass is 348 g/mol. The standard InChI is InChI=1S/C19H24O6/c1-16-5-3-9-18(8-16,7-11(16)21)12(14(22)23)13-17(2)10(20)4-6-19(9,13)25-15(17)24/h9-10,12-13,20H,3-8H2,1-2H3,(H,22,23)/t9-,10+,12-,13-,16+,17-,18-,19-/m1/s1. The number of esters is 1. The first kappa shape index (κ1) is 15.8. The van der Waals surface area contributed by atoms with Gasteiger partial charge in [-0.1, -0.05) is 6.92 Å². The van der Waals surface area contributed by atoms with Crippen LogP contribution in [0.4, 0.5) is 0 Å². The van der Waals surface area contributed by atoms with E-state index >= 15 is 0 Å². The lowest BCUT2D eigenvalue weighted by molar-refractivity contribution is -0.163. The van der Waals surface area contributed by atoms with Crippen LogP contribution in [0.15, 0.2) is 0 Å². The highest BCUT2D eigenvalue weighted by Crippen LogP contribution is 2.78. The summed E-state index contributed by atoms with van der Waals surface area (Å²) in [5, 5.41) is 20.8. The van der Waals surface area contributed by atoms with Crippen molar-refractivity contribution in [1.29, 1.82) is 0 Å². The zero-order chi connectivity index (χ0) is 18.0. The van der Waals surface area contributed by atoms with Crippen molar-refractivity contribution in [3.05, 3.63) is 0 Å². The van der Waals surface area contributed by atoms with Gasteiger partial charge in [0.25, 0.3) is 0 Å². The summed E-state index contributed by atoms with van der Waals surface area (Å²) < 4.78 is 5.96. The van der Waals surface area contributed by atoms with Crippen LogP contribution in [-0.2, 0) is 19.1 Å². The number of carbonyl (C=O) groups is 3. The molecule has 4 bridgehead atoms. The molecule has 2 N–H and O–H groups in total. The summed E-state index contributed by atoms with van der Waals surface area (Å²) in [7, 11) is 0. The predicted molar refractivity (Wildman–Crippen MR) is 84.3 cm³/mol. The summed E-state index contributed by atoms with van der Waals surface area (Å²) in [5.74, 6) is -2.70. The Morgan fingerprint density at radius 3 is 2.60 bits per heavy atom. The van der Waals surface area contributed by atoms with Crippen molar-refractivity contribution in [2.45, 2.75) is 64.1 Å². The average molecular weight is 348 g/mol. The van der Waals surface area contributed by atoms with E-state index in [1.54, 1.807) is 6.92 Å². The maximum absolute atomic E-state index is 12.8. The summed E-state index contributed by atoms with van der Waals surface area (Å²) in [6, 6.07) is 0. The lowest BCUT2D eigenvalue weighted by atomic mass is 9.59. The van der Waals surface area contributed by atoms with Gasteiger partial charge in [0, 0.05) is 23.7 Å². The van der Waals surface area contributed by atoms with Gasteiger partial charge in [0.2, 0.25) is 0 Å². The Kier molecular flexibility index (Phi) is 2.59. The van der Waals surface area contributed by atoms with Crippen molar-refractivity contribution in [1.82, 2.24) is 0 Å². The minimum absolute atomic E-state index is 0.0936. The number of ether oxygens (including phenoxy) is 1. The Bertz CT molecular complexity index is 731. The van der Waals surface area contributed by atoms with Crippen molar-refractivity contribution in [2.24, 2.45) is 34.0 Å². The molecular formula is C19H24O6. The maximum atomic E-state index is 12.8. The van der Waals surface area contributed by atoms with E-state index in [1.807, 2.05) is 6.92 Å². The number of carboxylic acids is 1. The van der Waals surface area contributed by atoms with E-state index in [0.29, 0.717) is 19.3 Å². The molecular weight excluding hydrogens is 324 g/mol. The number of hydrogen-bond donors (Lipinski definition) is 2. The van der Waals surface area contributed by atoms with Gasteiger partial charge >= 0.3 is 11.9 Å². The van der Waals surface area contributed by atoms with Crippen LogP contribution in [0.2, 0.25) is 0 Å². The number of Topliss-reactive ketones (excluding diaryl/α,β-unsaturated/α-hetero) is 1. The van der Waals surface area contributed by atoms with E-state index < -0.39 is 51.7 Å². The lowest BCUT2D eigenvalue weighted by Crippen LogP contribution is -2.53. The third-order valence-electron chi connectivity index (χ3n) is 8.77. The smallest absolute Gasteiger partial charge is 0.315 e. The van der Waals surface area contributed by atoms with Gasteiger partial charge in [-0.05, 0) is 44.4 Å². The fourth-order valence-corrected chi connectivity index (χ4v) is 7.80. The molecule has 5 fully saturated rings. The highest BCUT2D eigenvalue weighted by Gasteiger charge is 2.84. The molecule has 1 heterocycles. The number of rotatable bonds is 1. The molecule has 6 nitrogen and oxygen atoms in total. The van der Waals surface area contributed by atoms with Crippen LogP contribution in [0.1, 0.15) is 52.4 Å². The number of aliphatic hydroxyl groups is 1. The molecule has 1 aliphatic heterocycles. The van der Waals surface area contributed by atoms with Crippen LogP contribution < -0.4 is 0 Å². The molecule has 136 valence electrons. The number of carbonyl (C=O) groups excluding carboxylic acids is 2. The predicted octanol–water partition coefficient (Wildman–Crippen LogP) is 1.54. The normalized spacial score (nSPS) is 58.7. The van der Waals surface area contributed by atoms with Crippen molar-refractivity contribution < 1.29 is 29.3 Å².